The van der Waals surface area contributed by atoms with Crippen molar-refractivity contribution in [2.45, 2.75) is 12.5 Å². The number of rotatable bonds is 5. The molecule has 1 amide bonds. The van der Waals surface area contributed by atoms with Gasteiger partial charge in [-0.05, 0) is 42.3 Å². The van der Waals surface area contributed by atoms with E-state index in [1.807, 2.05) is 0 Å². The Labute approximate surface area is 139 Å². The van der Waals surface area contributed by atoms with Crippen LogP contribution in [0.4, 0.5) is 11.4 Å². The number of esters is 1. The average Bonchev–Trinajstić information content (AvgIpc) is 2.58. The highest BCUT2D eigenvalue weighted by Crippen LogP contribution is 2.21. The number of anilines is 2. The van der Waals surface area contributed by atoms with Gasteiger partial charge in [0.25, 0.3) is 0 Å². The maximum absolute atomic E-state index is 12.2. The van der Waals surface area contributed by atoms with E-state index in [9.17, 15) is 14.7 Å². The molecule has 2 rings (SSSR count). The molecule has 0 aliphatic rings. The molecule has 0 radical (unpaired) electrons. The van der Waals surface area contributed by atoms with Crippen LogP contribution in [0.1, 0.15) is 15.9 Å². The molecule has 0 saturated carbocycles. The predicted octanol–water partition coefficient (Wildman–Crippen LogP) is 1.27. The number of nitrogens with two attached hydrogens (primary N) is 2. The fourth-order valence-electron chi connectivity index (χ4n) is 2.11. The number of ether oxygens (including phenoxy) is 1. The molecule has 0 fully saturated rings. The number of benzene rings is 2. The molecule has 0 aliphatic heterocycles. The van der Waals surface area contributed by atoms with Crippen LogP contribution >= 0.6 is 0 Å². The van der Waals surface area contributed by atoms with E-state index in [-0.39, 0.29) is 11.3 Å². The molecule has 24 heavy (non-hydrogen) atoms. The Morgan fingerprint density at radius 1 is 1.21 bits per heavy atom. The largest absolute Gasteiger partial charge is 0.508 e. The van der Waals surface area contributed by atoms with Crippen molar-refractivity contribution in [2.24, 2.45) is 5.73 Å². The fraction of sp³-hybridized carbons (Fsp3) is 0.176. The zero-order valence-electron chi connectivity index (χ0n) is 13.2. The van der Waals surface area contributed by atoms with Gasteiger partial charge in [-0.1, -0.05) is 12.1 Å². The van der Waals surface area contributed by atoms with Crippen LogP contribution in [0.15, 0.2) is 42.5 Å². The van der Waals surface area contributed by atoms with Crippen LogP contribution in [-0.4, -0.2) is 30.1 Å². The maximum Gasteiger partial charge on any atom is 0.337 e. The summed E-state index contributed by atoms with van der Waals surface area (Å²) in [5, 5.41) is 11.9. The lowest BCUT2D eigenvalue weighted by Gasteiger charge is -2.14. The van der Waals surface area contributed by atoms with Crippen LogP contribution in [0.25, 0.3) is 0 Å². The highest BCUT2D eigenvalue weighted by Gasteiger charge is 2.17. The van der Waals surface area contributed by atoms with Gasteiger partial charge in [-0.2, -0.15) is 0 Å². The minimum absolute atomic E-state index is 0.143. The Hall–Kier alpha value is -3.06. The third-order valence-electron chi connectivity index (χ3n) is 3.46. The van der Waals surface area contributed by atoms with Gasteiger partial charge < -0.3 is 26.6 Å². The second-order valence-electron chi connectivity index (χ2n) is 5.26. The minimum Gasteiger partial charge on any atom is -0.508 e. The molecule has 0 unspecified atom stereocenters. The summed E-state index contributed by atoms with van der Waals surface area (Å²) in [4.78, 5) is 23.8. The summed E-state index contributed by atoms with van der Waals surface area (Å²) in [5.41, 5.74) is 13.4. The summed E-state index contributed by atoms with van der Waals surface area (Å²) in [6, 6.07) is 10.1. The molecular formula is C17H19N3O4. The van der Waals surface area contributed by atoms with Gasteiger partial charge in [0.15, 0.2) is 0 Å². The Balaban J connectivity index is 2.08. The van der Waals surface area contributed by atoms with Crippen molar-refractivity contribution < 1.29 is 19.4 Å². The lowest BCUT2D eigenvalue weighted by molar-refractivity contribution is -0.117. The highest BCUT2D eigenvalue weighted by molar-refractivity contribution is 5.99. The van der Waals surface area contributed by atoms with Crippen molar-refractivity contribution in [1.82, 2.24) is 0 Å². The van der Waals surface area contributed by atoms with Crippen LogP contribution in [-0.2, 0) is 16.0 Å². The van der Waals surface area contributed by atoms with Crippen molar-refractivity contribution in [3.05, 3.63) is 53.6 Å². The molecule has 7 heteroatoms. The van der Waals surface area contributed by atoms with Crippen LogP contribution in [0, 0.1) is 0 Å². The number of hydrogen-bond acceptors (Lipinski definition) is 6. The van der Waals surface area contributed by atoms with Gasteiger partial charge in [-0.15, -0.1) is 0 Å². The van der Waals surface area contributed by atoms with E-state index < -0.39 is 17.9 Å². The van der Waals surface area contributed by atoms with E-state index in [4.69, 9.17) is 11.5 Å². The maximum atomic E-state index is 12.2. The molecule has 0 spiro atoms. The number of carbonyl (C=O) groups excluding carboxylic acids is 2. The number of aromatic hydroxyl groups is 1. The van der Waals surface area contributed by atoms with Crippen LogP contribution in [0.3, 0.4) is 0 Å². The van der Waals surface area contributed by atoms with Gasteiger partial charge in [0.2, 0.25) is 5.91 Å². The fourth-order valence-corrected chi connectivity index (χ4v) is 2.11. The van der Waals surface area contributed by atoms with Gasteiger partial charge in [-0.3, -0.25) is 4.79 Å². The number of phenolic OH excluding ortho intramolecular Hbond substituents is 1. The van der Waals surface area contributed by atoms with Gasteiger partial charge in [0.05, 0.1) is 30.1 Å². The van der Waals surface area contributed by atoms with Crippen molar-refractivity contribution in [1.29, 1.82) is 0 Å². The molecule has 0 aliphatic carbocycles. The SMILES string of the molecule is COC(=O)c1ccc(N)c(NC(=O)[C@@H](N)Cc2ccc(O)cc2)c1. The number of carbonyl (C=O) groups is 2. The normalized spacial score (nSPS) is 11.6. The molecule has 7 nitrogen and oxygen atoms in total. The number of methoxy groups -OCH3 is 1. The topological polar surface area (TPSA) is 128 Å². The van der Waals surface area contributed by atoms with Gasteiger partial charge in [0.1, 0.15) is 5.75 Å². The van der Waals surface area contributed by atoms with E-state index in [1.165, 1.54) is 37.4 Å². The number of amides is 1. The zero-order valence-corrected chi connectivity index (χ0v) is 13.2. The summed E-state index contributed by atoms with van der Waals surface area (Å²) >= 11 is 0. The van der Waals surface area contributed by atoms with Crippen molar-refractivity contribution in [3.63, 3.8) is 0 Å². The summed E-state index contributed by atoms with van der Waals surface area (Å²) in [6.07, 6.45) is 0.294. The van der Waals surface area contributed by atoms with E-state index in [0.717, 1.165) is 5.56 Å². The Bertz CT molecular complexity index is 744. The first-order valence-electron chi connectivity index (χ1n) is 7.23. The summed E-state index contributed by atoms with van der Waals surface area (Å²) < 4.78 is 4.63. The molecule has 126 valence electrons. The summed E-state index contributed by atoms with van der Waals surface area (Å²) in [7, 11) is 1.27. The lowest BCUT2D eigenvalue weighted by Crippen LogP contribution is -2.37. The standard InChI is InChI=1S/C17H19N3O4/c1-24-17(23)11-4-7-13(18)15(9-11)20-16(22)14(19)8-10-2-5-12(21)6-3-10/h2-7,9,14,21H,8,18-19H2,1H3,(H,20,22)/t14-/m0/s1. The van der Waals surface area contributed by atoms with Gasteiger partial charge in [0, 0.05) is 0 Å². The number of nitrogens with one attached hydrogen (secondary N) is 1. The molecule has 2 aromatic carbocycles. The summed E-state index contributed by atoms with van der Waals surface area (Å²) in [6.45, 7) is 0. The van der Waals surface area contributed by atoms with E-state index in [2.05, 4.69) is 10.1 Å². The van der Waals surface area contributed by atoms with E-state index in [1.54, 1.807) is 12.1 Å². The second-order valence-corrected chi connectivity index (χ2v) is 5.26. The highest BCUT2D eigenvalue weighted by atomic mass is 16.5. The Morgan fingerprint density at radius 2 is 1.88 bits per heavy atom. The first-order valence-corrected chi connectivity index (χ1v) is 7.23. The van der Waals surface area contributed by atoms with E-state index >= 15 is 0 Å². The Morgan fingerprint density at radius 3 is 2.50 bits per heavy atom. The Kier molecular flexibility index (Phi) is 5.39. The first kappa shape index (κ1) is 17.3. The predicted molar refractivity (Wildman–Crippen MR) is 90.6 cm³/mol. The lowest BCUT2D eigenvalue weighted by atomic mass is 10.1. The minimum atomic E-state index is -0.810. The van der Waals surface area contributed by atoms with Gasteiger partial charge >= 0.3 is 5.97 Å². The van der Waals surface area contributed by atoms with E-state index in [0.29, 0.717) is 17.8 Å². The van der Waals surface area contributed by atoms with Crippen molar-refractivity contribution in [2.75, 3.05) is 18.2 Å². The molecule has 1 atom stereocenters. The number of phenols is 1. The molecule has 0 heterocycles. The first-order chi connectivity index (χ1) is 11.4. The second kappa shape index (κ2) is 7.47. The van der Waals surface area contributed by atoms with Crippen LogP contribution in [0.2, 0.25) is 0 Å². The third kappa shape index (κ3) is 4.23. The number of hydrogen-bond donors (Lipinski definition) is 4. The monoisotopic (exact) mass is 329 g/mol. The van der Waals surface area contributed by atoms with Crippen molar-refractivity contribution in [3.8, 4) is 5.75 Å². The van der Waals surface area contributed by atoms with Crippen LogP contribution in [0.5, 0.6) is 5.75 Å². The molecule has 0 saturated heterocycles. The number of nitrogen functional groups attached to an aromatic ring is 1. The molecule has 0 aromatic heterocycles. The van der Waals surface area contributed by atoms with Crippen molar-refractivity contribution >= 4 is 23.3 Å². The molecular weight excluding hydrogens is 310 g/mol. The zero-order chi connectivity index (χ0) is 17.7. The summed E-state index contributed by atoms with van der Waals surface area (Å²) in [5.74, 6) is -0.820. The van der Waals surface area contributed by atoms with Gasteiger partial charge in [-0.25, -0.2) is 4.79 Å². The average molecular weight is 329 g/mol. The van der Waals surface area contributed by atoms with Crippen LogP contribution < -0.4 is 16.8 Å². The molecule has 6 N–H and O–H groups in total. The quantitative estimate of drug-likeness (QED) is 0.483. The smallest absolute Gasteiger partial charge is 0.337 e. The third-order valence-corrected chi connectivity index (χ3v) is 3.46. The molecule has 0 bridgehead atoms. The molecule has 2 aromatic rings.